The van der Waals surface area contributed by atoms with Crippen molar-refractivity contribution >= 4 is 17.9 Å². The topological polar surface area (TPSA) is 78.9 Å². The first-order valence-corrected chi connectivity index (χ1v) is 7.94. The highest BCUT2D eigenvalue weighted by atomic mass is 16.6. The summed E-state index contributed by atoms with van der Waals surface area (Å²) in [5.74, 6) is -1.03. The molecule has 0 aromatic rings. The molecule has 0 spiro atoms. The minimum absolute atomic E-state index is 0.197. The lowest BCUT2D eigenvalue weighted by Gasteiger charge is -2.63. The number of hydrogen-bond donors (Lipinski definition) is 0. The molecule has 23 heavy (non-hydrogen) atoms. The number of carbonyl (C=O) groups is 3. The van der Waals surface area contributed by atoms with Crippen LogP contribution in [0.15, 0.2) is 12.7 Å². The van der Waals surface area contributed by atoms with Crippen LogP contribution < -0.4 is 0 Å². The van der Waals surface area contributed by atoms with Crippen LogP contribution in [-0.4, -0.2) is 34.7 Å². The molecule has 2 atom stereocenters. The molecule has 0 heterocycles. The number of esters is 3. The van der Waals surface area contributed by atoms with Crippen LogP contribution in [0, 0.1) is 5.92 Å². The van der Waals surface area contributed by atoms with Gasteiger partial charge in [-0.2, -0.15) is 0 Å². The van der Waals surface area contributed by atoms with Crippen molar-refractivity contribution in [3.8, 4) is 0 Å². The molecule has 126 valence electrons. The molecular formula is C17H22O6. The van der Waals surface area contributed by atoms with Gasteiger partial charge in [-0.3, -0.25) is 9.59 Å². The molecule has 0 saturated heterocycles. The third-order valence-electron chi connectivity index (χ3n) is 5.12. The normalized spacial score (nSPS) is 40.3. The second-order valence-electron chi connectivity index (χ2n) is 7.37. The fraction of sp³-hybridized carbons (Fsp3) is 0.706. The van der Waals surface area contributed by atoms with Crippen molar-refractivity contribution in [3.63, 3.8) is 0 Å². The Hall–Kier alpha value is -1.85. The molecule has 4 bridgehead atoms. The minimum Gasteiger partial charge on any atom is -0.459 e. The second-order valence-corrected chi connectivity index (χ2v) is 7.37. The van der Waals surface area contributed by atoms with Crippen LogP contribution in [0.3, 0.4) is 0 Å². The van der Waals surface area contributed by atoms with E-state index in [0.29, 0.717) is 25.7 Å². The fourth-order valence-electron chi connectivity index (χ4n) is 5.38. The summed E-state index contributed by atoms with van der Waals surface area (Å²) in [6.45, 7) is 6.19. The van der Waals surface area contributed by atoms with E-state index in [0.717, 1.165) is 18.9 Å². The largest absolute Gasteiger partial charge is 0.459 e. The molecule has 6 heteroatoms. The van der Waals surface area contributed by atoms with Crippen molar-refractivity contribution in [1.29, 1.82) is 0 Å². The summed E-state index contributed by atoms with van der Waals surface area (Å²) in [5, 5.41) is 0. The van der Waals surface area contributed by atoms with Gasteiger partial charge in [0.15, 0.2) is 0 Å². The summed E-state index contributed by atoms with van der Waals surface area (Å²) < 4.78 is 17.0. The van der Waals surface area contributed by atoms with Crippen molar-refractivity contribution in [3.05, 3.63) is 12.7 Å². The van der Waals surface area contributed by atoms with Crippen LogP contribution >= 0.6 is 0 Å². The van der Waals surface area contributed by atoms with E-state index in [1.54, 1.807) is 0 Å². The Balaban J connectivity index is 1.97. The maximum absolute atomic E-state index is 11.8. The highest BCUT2D eigenvalue weighted by Crippen LogP contribution is 2.63. The summed E-state index contributed by atoms with van der Waals surface area (Å²) in [4.78, 5) is 35.0. The summed E-state index contributed by atoms with van der Waals surface area (Å²) in [6.07, 6.45) is 4.68. The van der Waals surface area contributed by atoms with Crippen LogP contribution in [0.5, 0.6) is 0 Å². The Morgan fingerprint density at radius 1 is 0.870 bits per heavy atom. The van der Waals surface area contributed by atoms with E-state index in [4.69, 9.17) is 14.2 Å². The zero-order chi connectivity index (χ0) is 16.9. The van der Waals surface area contributed by atoms with E-state index < -0.39 is 22.8 Å². The number of rotatable bonds is 4. The van der Waals surface area contributed by atoms with Gasteiger partial charge in [-0.05, 0) is 25.2 Å². The molecule has 0 radical (unpaired) electrons. The molecule has 0 aromatic heterocycles. The average molecular weight is 322 g/mol. The molecule has 2 unspecified atom stereocenters. The van der Waals surface area contributed by atoms with E-state index >= 15 is 0 Å². The number of ether oxygens (including phenoxy) is 3. The Bertz CT molecular complexity index is 548. The van der Waals surface area contributed by atoms with Gasteiger partial charge in [-0.25, -0.2) is 4.79 Å². The van der Waals surface area contributed by atoms with Crippen molar-refractivity contribution < 1.29 is 28.6 Å². The zero-order valence-corrected chi connectivity index (χ0v) is 13.6. The Kier molecular flexibility index (Phi) is 3.54. The predicted molar refractivity (Wildman–Crippen MR) is 79.2 cm³/mol. The zero-order valence-electron chi connectivity index (χ0n) is 13.6. The third kappa shape index (κ3) is 2.86. The molecule has 4 rings (SSSR count). The quantitative estimate of drug-likeness (QED) is 0.448. The summed E-state index contributed by atoms with van der Waals surface area (Å²) >= 11 is 0. The molecule has 4 saturated carbocycles. The molecule has 4 aliphatic carbocycles. The molecule has 6 nitrogen and oxygen atoms in total. The monoisotopic (exact) mass is 322 g/mol. The van der Waals surface area contributed by atoms with Gasteiger partial charge in [-0.15, -0.1) is 0 Å². The number of hydrogen-bond acceptors (Lipinski definition) is 6. The summed E-state index contributed by atoms with van der Waals surface area (Å²) in [6, 6.07) is 0. The SMILES string of the molecule is C=CC(=O)OC12CC3CC(OC(C)=O)(CC(OC(C)=O)(C3)C1)C2. The van der Waals surface area contributed by atoms with Crippen LogP contribution in [0.2, 0.25) is 0 Å². The minimum atomic E-state index is -0.754. The van der Waals surface area contributed by atoms with Crippen molar-refractivity contribution in [2.24, 2.45) is 5.92 Å². The van der Waals surface area contributed by atoms with Crippen LogP contribution in [0.1, 0.15) is 52.4 Å². The molecule has 4 fully saturated rings. The van der Waals surface area contributed by atoms with Crippen LogP contribution in [-0.2, 0) is 28.6 Å². The highest BCUT2D eigenvalue weighted by molar-refractivity contribution is 5.81. The van der Waals surface area contributed by atoms with Crippen LogP contribution in [0.25, 0.3) is 0 Å². The molecule has 0 aliphatic heterocycles. The lowest BCUT2D eigenvalue weighted by Crippen LogP contribution is -2.68. The molecular weight excluding hydrogens is 300 g/mol. The summed E-state index contributed by atoms with van der Waals surface area (Å²) in [7, 11) is 0. The van der Waals surface area contributed by atoms with Gasteiger partial charge < -0.3 is 14.2 Å². The van der Waals surface area contributed by atoms with Gasteiger partial charge in [0.25, 0.3) is 0 Å². The smallest absolute Gasteiger partial charge is 0.330 e. The average Bonchev–Trinajstić information content (AvgIpc) is 2.32. The Morgan fingerprint density at radius 3 is 1.61 bits per heavy atom. The second kappa shape index (κ2) is 5.08. The van der Waals surface area contributed by atoms with E-state index in [2.05, 4.69) is 6.58 Å². The van der Waals surface area contributed by atoms with Gasteiger partial charge in [-0.1, -0.05) is 6.58 Å². The first-order chi connectivity index (χ1) is 10.7. The van der Waals surface area contributed by atoms with Gasteiger partial charge in [0, 0.05) is 39.2 Å². The van der Waals surface area contributed by atoms with Gasteiger partial charge in [0.2, 0.25) is 0 Å². The van der Waals surface area contributed by atoms with Crippen molar-refractivity contribution in [2.45, 2.75) is 69.2 Å². The van der Waals surface area contributed by atoms with Crippen molar-refractivity contribution in [2.75, 3.05) is 0 Å². The van der Waals surface area contributed by atoms with Gasteiger partial charge in [0.1, 0.15) is 16.8 Å². The molecule has 0 N–H and O–H groups in total. The third-order valence-corrected chi connectivity index (χ3v) is 5.12. The number of carbonyl (C=O) groups excluding carboxylic acids is 3. The maximum Gasteiger partial charge on any atom is 0.330 e. The van der Waals surface area contributed by atoms with E-state index in [1.807, 2.05) is 0 Å². The molecule has 4 aliphatic rings. The maximum atomic E-state index is 11.8. The van der Waals surface area contributed by atoms with E-state index in [1.165, 1.54) is 13.8 Å². The predicted octanol–water partition coefficient (Wildman–Crippen LogP) is 2.06. The highest BCUT2D eigenvalue weighted by Gasteiger charge is 2.68. The summed E-state index contributed by atoms with van der Waals surface area (Å²) in [5.41, 5.74) is -2.19. The molecule has 0 amide bonds. The first-order valence-electron chi connectivity index (χ1n) is 7.94. The standard InChI is InChI=1S/C17H22O6/c1-4-14(20)23-17-7-13-5-15(9-17,21-11(2)18)8-16(6-13,10-17)22-12(3)19/h4,13H,1,5-10H2,2-3H3. The van der Waals surface area contributed by atoms with E-state index in [-0.39, 0.29) is 17.9 Å². The van der Waals surface area contributed by atoms with Gasteiger partial charge in [0.05, 0.1) is 0 Å². The Morgan fingerprint density at radius 2 is 1.26 bits per heavy atom. The van der Waals surface area contributed by atoms with Crippen LogP contribution in [0.4, 0.5) is 0 Å². The first kappa shape index (κ1) is 16.0. The molecule has 0 aromatic carbocycles. The van der Waals surface area contributed by atoms with Crippen molar-refractivity contribution in [1.82, 2.24) is 0 Å². The lowest BCUT2D eigenvalue weighted by atomic mass is 9.50. The Labute approximate surface area is 135 Å². The fourth-order valence-corrected chi connectivity index (χ4v) is 5.38. The van der Waals surface area contributed by atoms with E-state index in [9.17, 15) is 14.4 Å². The lowest BCUT2D eigenvalue weighted by molar-refractivity contribution is -0.270. The van der Waals surface area contributed by atoms with Gasteiger partial charge >= 0.3 is 17.9 Å².